The molecule has 1 fully saturated rings. The number of carbonyl (C=O) groups is 3. The van der Waals surface area contributed by atoms with E-state index in [0.29, 0.717) is 5.56 Å². The van der Waals surface area contributed by atoms with E-state index in [4.69, 9.17) is 34.8 Å². The van der Waals surface area contributed by atoms with E-state index in [1.165, 1.54) is 36.4 Å². The van der Waals surface area contributed by atoms with Gasteiger partial charge in [0.1, 0.15) is 21.8 Å². The Morgan fingerprint density at radius 3 is 2.33 bits per heavy atom. The Kier molecular flexibility index (Phi) is 8.35. The van der Waals surface area contributed by atoms with Crippen LogP contribution in [-0.4, -0.2) is 28.2 Å². The largest absolute Gasteiger partial charge is 0.326 e. The number of ketones is 2. The van der Waals surface area contributed by atoms with Gasteiger partial charge in [-0.15, -0.1) is 23.2 Å². The number of halogens is 8. The van der Waals surface area contributed by atoms with Gasteiger partial charge in [-0.25, -0.2) is 22.0 Å². The first-order chi connectivity index (χ1) is 18.3. The quantitative estimate of drug-likeness (QED) is 0.161. The predicted octanol–water partition coefficient (Wildman–Crippen LogP) is 7.09. The minimum Gasteiger partial charge on any atom is -0.326 e. The van der Waals surface area contributed by atoms with Crippen molar-refractivity contribution in [2.24, 2.45) is 5.92 Å². The fourth-order valence-corrected chi connectivity index (χ4v) is 5.32. The highest BCUT2D eigenvalue weighted by atomic mass is 35.5. The van der Waals surface area contributed by atoms with E-state index >= 15 is 0 Å². The Bertz CT molecular complexity index is 1480. The molecule has 204 valence electrons. The van der Waals surface area contributed by atoms with Crippen LogP contribution in [0.4, 0.5) is 27.6 Å². The lowest BCUT2D eigenvalue weighted by molar-refractivity contribution is -0.128. The van der Waals surface area contributed by atoms with Crippen LogP contribution in [0.2, 0.25) is 5.02 Å². The van der Waals surface area contributed by atoms with Crippen LogP contribution in [0.3, 0.4) is 0 Å². The second kappa shape index (κ2) is 11.2. The zero-order chi connectivity index (χ0) is 28.6. The zero-order valence-corrected chi connectivity index (χ0v) is 21.9. The van der Waals surface area contributed by atoms with Gasteiger partial charge in [0.25, 0.3) is 6.43 Å². The molecule has 1 aliphatic carbocycles. The molecule has 12 heteroatoms. The van der Waals surface area contributed by atoms with Gasteiger partial charge in [-0.3, -0.25) is 14.4 Å². The molecular weight excluding hydrogens is 588 g/mol. The Morgan fingerprint density at radius 2 is 1.67 bits per heavy atom. The van der Waals surface area contributed by atoms with E-state index in [1.807, 2.05) is 0 Å². The Morgan fingerprint density at radius 1 is 0.949 bits per heavy atom. The van der Waals surface area contributed by atoms with Crippen LogP contribution in [-0.2, 0) is 22.4 Å². The number of benzene rings is 3. The topological polar surface area (TPSA) is 63.2 Å². The fourth-order valence-electron chi connectivity index (χ4n) is 4.27. The van der Waals surface area contributed by atoms with Crippen LogP contribution in [0.15, 0.2) is 54.6 Å². The minimum absolute atomic E-state index is 0.0401. The van der Waals surface area contributed by atoms with Crippen LogP contribution in [0.5, 0.6) is 0 Å². The number of hydrogen-bond acceptors (Lipinski definition) is 3. The van der Waals surface area contributed by atoms with Crippen molar-refractivity contribution in [2.45, 2.75) is 29.5 Å². The van der Waals surface area contributed by atoms with Gasteiger partial charge in [0.15, 0.2) is 5.78 Å². The third kappa shape index (κ3) is 6.10. The van der Waals surface area contributed by atoms with Gasteiger partial charge >= 0.3 is 0 Å². The van der Waals surface area contributed by atoms with Crippen LogP contribution in [0.25, 0.3) is 0 Å². The second-order valence-electron chi connectivity index (χ2n) is 8.91. The Hall–Kier alpha value is -3.01. The van der Waals surface area contributed by atoms with Crippen molar-refractivity contribution < 1.29 is 36.3 Å². The van der Waals surface area contributed by atoms with Crippen LogP contribution in [0.1, 0.15) is 33.0 Å². The van der Waals surface area contributed by atoms with Crippen molar-refractivity contribution in [3.8, 4) is 0 Å². The minimum atomic E-state index is -3.41. The molecule has 0 heterocycles. The van der Waals surface area contributed by atoms with Gasteiger partial charge in [-0.1, -0.05) is 29.8 Å². The highest BCUT2D eigenvalue weighted by molar-refractivity contribution is 6.53. The number of alkyl halides is 4. The molecule has 2 atom stereocenters. The second-order valence-corrected chi connectivity index (χ2v) is 10.8. The summed E-state index contributed by atoms with van der Waals surface area (Å²) in [5.74, 6) is -7.64. The number of rotatable bonds is 9. The first-order valence-corrected chi connectivity index (χ1v) is 12.5. The predicted molar refractivity (Wildman–Crippen MR) is 136 cm³/mol. The molecule has 1 aliphatic rings. The number of carbonyl (C=O) groups excluding carboxylic acids is 3. The maximum atomic E-state index is 14.8. The lowest BCUT2D eigenvalue weighted by atomic mass is 9.98. The van der Waals surface area contributed by atoms with Crippen molar-refractivity contribution in [1.82, 2.24) is 0 Å². The number of hydrogen-bond donors (Lipinski definition) is 1. The summed E-state index contributed by atoms with van der Waals surface area (Å²) in [6, 6.07) is 11.2. The monoisotopic (exact) mass is 603 g/mol. The van der Waals surface area contributed by atoms with E-state index in [1.54, 1.807) is 6.07 Å². The molecule has 0 radical (unpaired) electrons. The molecule has 3 aromatic carbocycles. The number of nitrogens with one attached hydrogen (secondary N) is 1. The van der Waals surface area contributed by atoms with Crippen molar-refractivity contribution in [3.63, 3.8) is 0 Å². The van der Waals surface area contributed by atoms with Gasteiger partial charge in [0.05, 0.1) is 10.9 Å². The van der Waals surface area contributed by atoms with Gasteiger partial charge in [-0.05, 0) is 47.5 Å². The first-order valence-electron chi connectivity index (χ1n) is 11.3. The summed E-state index contributed by atoms with van der Waals surface area (Å²) in [6.07, 6.45) is -5.23. The number of Topliss-reactive ketones (excluding diaryl/α,β-unsaturated/α-hetero) is 2. The molecule has 1 amide bonds. The smallest absolute Gasteiger partial charge is 0.296 e. The Balaban J connectivity index is 1.51. The average Bonchev–Trinajstić information content (AvgIpc) is 3.46. The van der Waals surface area contributed by atoms with E-state index in [0.717, 1.165) is 12.1 Å². The molecular formula is C27H17Cl3F5NO3. The van der Waals surface area contributed by atoms with Crippen LogP contribution in [0, 0.1) is 23.4 Å². The normalized spacial score (nSPS) is 17.7. The van der Waals surface area contributed by atoms with Gasteiger partial charge in [-0.2, -0.15) is 0 Å². The third-order valence-electron chi connectivity index (χ3n) is 6.29. The highest BCUT2D eigenvalue weighted by Gasteiger charge is 2.67. The molecule has 4 rings (SSSR count). The molecule has 0 aromatic heterocycles. The average molecular weight is 605 g/mol. The number of amides is 1. The van der Waals surface area contributed by atoms with Crippen LogP contribution >= 0.6 is 34.8 Å². The molecule has 3 aromatic rings. The summed E-state index contributed by atoms with van der Waals surface area (Å²) < 4.78 is 66.1. The highest BCUT2D eigenvalue weighted by Crippen LogP contribution is 2.65. The molecule has 0 spiro atoms. The van der Waals surface area contributed by atoms with Gasteiger partial charge < -0.3 is 5.32 Å². The SMILES string of the molecule is O=C(Cc1ccc(F)c(CC(=O)C(F)F)c1F)c1cc(NC(=O)C2C(c3cccc(F)c3)C2(Cl)Cl)ccc1Cl. The number of anilines is 1. The lowest BCUT2D eigenvalue weighted by Gasteiger charge is -2.11. The summed E-state index contributed by atoms with van der Waals surface area (Å²) in [7, 11) is 0. The van der Waals surface area contributed by atoms with Crippen LogP contribution < -0.4 is 5.32 Å². The van der Waals surface area contributed by atoms with Crippen molar-refractivity contribution >= 4 is 58.0 Å². The Labute approximate surface area is 234 Å². The van der Waals surface area contributed by atoms with Crippen molar-refractivity contribution in [2.75, 3.05) is 5.32 Å². The standard InChI is InChI=1S/C27H17Cl3F5NO3/c28-18-6-5-15(36-26(39)23-22(27(23,29)30)12-2-1-3-14(31)8-12)10-16(18)20(37)9-13-4-7-19(32)17(24(13)33)11-21(38)25(34)35/h1-8,10,22-23,25H,9,11H2,(H,36,39). The summed E-state index contributed by atoms with van der Waals surface area (Å²) in [5, 5.41) is 2.54. The first kappa shape index (κ1) is 29.0. The van der Waals surface area contributed by atoms with Gasteiger partial charge in [0, 0.05) is 35.6 Å². The molecule has 1 N–H and O–H groups in total. The van der Waals surface area contributed by atoms with E-state index in [9.17, 15) is 36.3 Å². The third-order valence-corrected chi connectivity index (χ3v) is 7.56. The van der Waals surface area contributed by atoms with E-state index in [2.05, 4.69) is 5.32 Å². The molecule has 0 aliphatic heterocycles. The summed E-state index contributed by atoms with van der Waals surface area (Å²) in [6.45, 7) is 0. The summed E-state index contributed by atoms with van der Waals surface area (Å²) in [4.78, 5) is 37.2. The maximum absolute atomic E-state index is 14.8. The van der Waals surface area contributed by atoms with E-state index in [-0.39, 0.29) is 21.8 Å². The molecule has 0 bridgehead atoms. The molecule has 2 unspecified atom stereocenters. The lowest BCUT2D eigenvalue weighted by Crippen LogP contribution is -2.18. The summed E-state index contributed by atoms with van der Waals surface area (Å²) >= 11 is 18.7. The maximum Gasteiger partial charge on any atom is 0.296 e. The molecule has 4 nitrogen and oxygen atoms in total. The zero-order valence-electron chi connectivity index (χ0n) is 19.6. The molecule has 0 saturated heterocycles. The molecule has 39 heavy (non-hydrogen) atoms. The van der Waals surface area contributed by atoms with Gasteiger partial charge in [0.2, 0.25) is 11.7 Å². The van der Waals surface area contributed by atoms with Crippen molar-refractivity contribution in [1.29, 1.82) is 0 Å². The molecule has 1 saturated carbocycles. The van der Waals surface area contributed by atoms with E-state index < -0.39 is 75.9 Å². The van der Waals surface area contributed by atoms with Crippen molar-refractivity contribution in [3.05, 3.63) is 99.3 Å². The fraction of sp³-hybridized carbons (Fsp3) is 0.222. The summed E-state index contributed by atoms with van der Waals surface area (Å²) in [5.41, 5.74) is -0.772.